The van der Waals surface area contributed by atoms with Gasteiger partial charge in [0.2, 0.25) is 0 Å². The minimum Gasteiger partial charge on any atom is -0.289 e. The zero-order valence-corrected chi connectivity index (χ0v) is 9.69. The van der Waals surface area contributed by atoms with E-state index in [0.717, 1.165) is 6.54 Å². The topological polar surface area (TPSA) is 3.24 Å². The molecule has 1 heteroatoms. The molecule has 3 rings (SSSR count). The minimum absolute atomic E-state index is 0.545. The summed E-state index contributed by atoms with van der Waals surface area (Å²) in [5.74, 6) is 0. The summed E-state index contributed by atoms with van der Waals surface area (Å²) in [5, 5.41) is 0. The number of benzene rings is 1. The Kier molecular flexibility index (Phi) is 2.41. The van der Waals surface area contributed by atoms with E-state index in [9.17, 15) is 0 Å². The Hall–Kier alpha value is -1.34. The van der Waals surface area contributed by atoms with Gasteiger partial charge in [-0.2, -0.15) is 0 Å². The normalized spacial score (nSPS) is 24.9. The average Bonchev–Trinajstić information content (AvgIpc) is 2.73. The first kappa shape index (κ1) is 9.86. The summed E-state index contributed by atoms with van der Waals surface area (Å²) < 4.78 is 0. The highest BCUT2D eigenvalue weighted by molar-refractivity contribution is 5.70. The van der Waals surface area contributed by atoms with E-state index in [1.807, 2.05) is 0 Å². The maximum Gasteiger partial charge on any atom is 0.0474 e. The van der Waals surface area contributed by atoms with Crippen molar-refractivity contribution < 1.29 is 0 Å². The fourth-order valence-corrected chi connectivity index (χ4v) is 2.60. The molecule has 0 bridgehead atoms. The first-order chi connectivity index (χ1) is 7.83. The molecule has 0 saturated carbocycles. The smallest absolute Gasteiger partial charge is 0.0474 e. The van der Waals surface area contributed by atoms with E-state index in [4.69, 9.17) is 0 Å². The molecular weight excluding hydrogens is 194 g/mol. The zero-order valence-electron chi connectivity index (χ0n) is 9.69. The maximum absolute atomic E-state index is 2.55. The highest BCUT2D eigenvalue weighted by Crippen LogP contribution is 2.29. The molecule has 1 aromatic rings. The van der Waals surface area contributed by atoms with Crippen molar-refractivity contribution in [3.8, 4) is 0 Å². The van der Waals surface area contributed by atoms with Crippen molar-refractivity contribution in [2.24, 2.45) is 0 Å². The van der Waals surface area contributed by atoms with Gasteiger partial charge in [0, 0.05) is 19.1 Å². The molecule has 0 aromatic heterocycles. The Morgan fingerprint density at radius 1 is 1.12 bits per heavy atom. The van der Waals surface area contributed by atoms with Gasteiger partial charge in [0.15, 0.2) is 0 Å². The lowest BCUT2D eigenvalue weighted by atomic mass is 10.0. The highest BCUT2D eigenvalue weighted by atomic mass is 15.2. The van der Waals surface area contributed by atoms with Crippen LogP contribution in [0.15, 0.2) is 48.1 Å². The lowest BCUT2D eigenvalue weighted by Crippen LogP contribution is -2.33. The third-order valence-electron chi connectivity index (χ3n) is 3.56. The molecule has 0 radical (unpaired) electrons. The summed E-state index contributed by atoms with van der Waals surface area (Å²) >= 11 is 0. The molecule has 1 aromatic carbocycles. The van der Waals surface area contributed by atoms with Gasteiger partial charge in [0.25, 0.3) is 0 Å². The zero-order chi connectivity index (χ0) is 11.0. The van der Waals surface area contributed by atoms with E-state index in [1.54, 1.807) is 0 Å². The molecular formula is C15H17N. The van der Waals surface area contributed by atoms with Crippen LogP contribution >= 0.6 is 0 Å². The van der Waals surface area contributed by atoms with Gasteiger partial charge >= 0.3 is 0 Å². The first-order valence-electron chi connectivity index (χ1n) is 6.00. The van der Waals surface area contributed by atoms with Crippen LogP contribution in [0, 0.1) is 0 Å². The Balaban J connectivity index is 1.89. The van der Waals surface area contributed by atoms with Crippen molar-refractivity contribution in [3.05, 3.63) is 53.6 Å². The molecule has 2 aliphatic rings. The van der Waals surface area contributed by atoms with Crippen LogP contribution < -0.4 is 0 Å². The van der Waals surface area contributed by atoms with Crippen LogP contribution in [0.3, 0.4) is 0 Å². The molecule has 0 amide bonds. The molecule has 0 aliphatic carbocycles. The van der Waals surface area contributed by atoms with Crippen molar-refractivity contribution in [3.63, 3.8) is 0 Å². The van der Waals surface area contributed by atoms with Gasteiger partial charge in [-0.3, -0.25) is 4.90 Å². The molecule has 0 spiro atoms. The van der Waals surface area contributed by atoms with Gasteiger partial charge in [-0.15, -0.1) is 0 Å². The van der Waals surface area contributed by atoms with E-state index in [-0.39, 0.29) is 0 Å². The molecule has 82 valence electrons. The van der Waals surface area contributed by atoms with E-state index in [0.29, 0.717) is 6.04 Å². The van der Waals surface area contributed by atoms with Gasteiger partial charge in [0.05, 0.1) is 0 Å². The number of hydrogen-bond donors (Lipinski definition) is 0. The molecule has 2 aliphatic heterocycles. The quantitative estimate of drug-likeness (QED) is 0.645. The third-order valence-corrected chi connectivity index (χ3v) is 3.56. The second kappa shape index (κ2) is 3.91. The van der Waals surface area contributed by atoms with E-state index in [2.05, 4.69) is 54.3 Å². The van der Waals surface area contributed by atoms with Crippen LogP contribution in [0.1, 0.15) is 18.9 Å². The predicted octanol–water partition coefficient (Wildman–Crippen LogP) is 3.10. The largest absolute Gasteiger partial charge is 0.289 e. The lowest BCUT2D eigenvalue weighted by molar-refractivity contribution is 0.297. The van der Waals surface area contributed by atoms with Crippen LogP contribution in [-0.2, 0) is 0 Å². The second-order valence-corrected chi connectivity index (χ2v) is 4.78. The van der Waals surface area contributed by atoms with E-state index >= 15 is 0 Å². The fourth-order valence-electron chi connectivity index (χ4n) is 2.60. The molecule has 1 atom stereocenters. The number of rotatable bonds is 1. The monoisotopic (exact) mass is 211 g/mol. The summed E-state index contributed by atoms with van der Waals surface area (Å²) in [5.41, 5.74) is 4.39. The summed E-state index contributed by atoms with van der Waals surface area (Å²) in [6.07, 6.45) is 6.05. The summed E-state index contributed by atoms with van der Waals surface area (Å²) in [6.45, 7) is 4.56. The molecule has 0 N–H and O–H groups in total. The van der Waals surface area contributed by atoms with E-state index in [1.165, 1.54) is 29.7 Å². The highest BCUT2D eigenvalue weighted by Gasteiger charge is 2.25. The number of hydrogen-bond acceptors (Lipinski definition) is 1. The van der Waals surface area contributed by atoms with Crippen molar-refractivity contribution in [1.29, 1.82) is 0 Å². The van der Waals surface area contributed by atoms with Crippen molar-refractivity contribution in [2.75, 3.05) is 13.1 Å². The Labute approximate surface area is 97.1 Å². The molecule has 0 fully saturated rings. The summed E-state index contributed by atoms with van der Waals surface area (Å²) in [6, 6.07) is 11.3. The first-order valence-corrected chi connectivity index (χ1v) is 6.00. The van der Waals surface area contributed by atoms with Crippen LogP contribution in [0.4, 0.5) is 0 Å². The summed E-state index contributed by atoms with van der Waals surface area (Å²) in [7, 11) is 0. The van der Waals surface area contributed by atoms with Crippen molar-refractivity contribution >= 4 is 5.57 Å². The lowest BCUT2D eigenvalue weighted by Gasteiger charge is -2.27. The number of nitrogens with zero attached hydrogens (tertiary/aromatic N) is 1. The second-order valence-electron chi connectivity index (χ2n) is 4.78. The fraction of sp³-hybridized carbons (Fsp3) is 0.333. The van der Waals surface area contributed by atoms with Gasteiger partial charge in [-0.25, -0.2) is 0 Å². The number of fused-ring (bicyclic) bond motifs is 1. The predicted molar refractivity (Wildman–Crippen MR) is 68.2 cm³/mol. The molecule has 2 heterocycles. The minimum atomic E-state index is 0.545. The Bertz CT molecular complexity index is 442. The molecule has 16 heavy (non-hydrogen) atoms. The standard InChI is InChI=1S/C15H17N/c1-12-7-8-16-11-14(10-15(16)9-12)13-5-3-2-4-6-13/h2-6,9-10,15H,7-8,11H2,1H3. The third kappa shape index (κ3) is 1.72. The Morgan fingerprint density at radius 3 is 2.75 bits per heavy atom. The van der Waals surface area contributed by atoms with Gasteiger partial charge in [-0.1, -0.05) is 48.1 Å². The van der Waals surface area contributed by atoms with E-state index < -0.39 is 0 Å². The average molecular weight is 211 g/mol. The van der Waals surface area contributed by atoms with Crippen LogP contribution in [0.2, 0.25) is 0 Å². The molecule has 0 saturated heterocycles. The van der Waals surface area contributed by atoms with Gasteiger partial charge < -0.3 is 0 Å². The van der Waals surface area contributed by atoms with Crippen molar-refractivity contribution in [2.45, 2.75) is 19.4 Å². The van der Waals surface area contributed by atoms with Gasteiger partial charge in [-0.05, 0) is 24.5 Å². The van der Waals surface area contributed by atoms with Crippen molar-refractivity contribution in [1.82, 2.24) is 4.90 Å². The molecule has 1 unspecified atom stereocenters. The van der Waals surface area contributed by atoms with Crippen LogP contribution in [0.5, 0.6) is 0 Å². The van der Waals surface area contributed by atoms with Gasteiger partial charge in [0.1, 0.15) is 0 Å². The maximum atomic E-state index is 2.55. The summed E-state index contributed by atoms with van der Waals surface area (Å²) in [4.78, 5) is 2.55. The van der Waals surface area contributed by atoms with Crippen LogP contribution in [0.25, 0.3) is 5.57 Å². The van der Waals surface area contributed by atoms with Crippen LogP contribution in [-0.4, -0.2) is 24.0 Å². The Morgan fingerprint density at radius 2 is 1.94 bits per heavy atom. The molecule has 1 nitrogen and oxygen atoms in total. The SMILES string of the molecule is CC1=CC2C=C(c3ccccc3)CN2CC1.